The highest BCUT2D eigenvalue weighted by Crippen LogP contribution is 2.41. The number of hydrogen-bond acceptors (Lipinski definition) is 3. The fourth-order valence-corrected chi connectivity index (χ4v) is 4.22. The monoisotopic (exact) mass is 398 g/mol. The summed E-state index contributed by atoms with van der Waals surface area (Å²) in [4.78, 5) is 28.8. The molecule has 6 heteroatoms. The molecule has 1 heterocycles. The summed E-state index contributed by atoms with van der Waals surface area (Å²) in [7, 11) is 0. The molecule has 1 saturated heterocycles. The van der Waals surface area contributed by atoms with Gasteiger partial charge in [0.15, 0.2) is 0 Å². The minimum Gasteiger partial charge on any atom is -0.394 e. The lowest BCUT2D eigenvalue weighted by molar-refractivity contribution is -0.149. The normalized spacial score (nSPS) is 21.0. The molecule has 3 atom stereocenters. The third-order valence-corrected chi connectivity index (χ3v) is 5.64. The van der Waals surface area contributed by atoms with Crippen molar-refractivity contribution in [1.82, 2.24) is 9.80 Å². The Bertz CT molecular complexity index is 854. The number of amides is 2. The first-order valence-electron chi connectivity index (χ1n) is 9.86. The molecule has 154 valence electrons. The average Bonchev–Trinajstić information content (AvgIpc) is 2.68. The molecule has 0 aliphatic carbocycles. The van der Waals surface area contributed by atoms with E-state index >= 15 is 0 Å². The zero-order valence-corrected chi connectivity index (χ0v) is 17.0. The topological polar surface area (TPSA) is 60.9 Å². The van der Waals surface area contributed by atoms with Crippen LogP contribution in [-0.2, 0) is 4.79 Å². The number of carbonyl (C=O) groups is 2. The Morgan fingerprint density at radius 1 is 1.07 bits per heavy atom. The van der Waals surface area contributed by atoms with Crippen LogP contribution in [0.4, 0.5) is 4.39 Å². The molecule has 3 rings (SSSR count). The van der Waals surface area contributed by atoms with Crippen LogP contribution < -0.4 is 0 Å². The van der Waals surface area contributed by atoms with Crippen molar-refractivity contribution in [2.24, 2.45) is 0 Å². The van der Waals surface area contributed by atoms with Gasteiger partial charge in [0, 0.05) is 31.0 Å². The van der Waals surface area contributed by atoms with Gasteiger partial charge in [0.25, 0.3) is 5.91 Å². The van der Waals surface area contributed by atoms with Gasteiger partial charge in [-0.1, -0.05) is 30.3 Å². The largest absolute Gasteiger partial charge is 0.394 e. The number of aliphatic hydroxyl groups excluding tert-OH is 1. The van der Waals surface area contributed by atoms with Gasteiger partial charge in [-0.3, -0.25) is 9.59 Å². The molecule has 0 spiro atoms. The molecule has 0 aromatic heterocycles. The van der Waals surface area contributed by atoms with Crippen LogP contribution in [0.3, 0.4) is 0 Å². The fraction of sp³-hybridized carbons (Fsp3) is 0.391. The molecule has 2 aromatic rings. The summed E-state index contributed by atoms with van der Waals surface area (Å²) in [5.74, 6) is -0.788. The molecule has 5 nitrogen and oxygen atoms in total. The zero-order chi connectivity index (χ0) is 21.1. The Hall–Kier alpha value is -2.73. The van der Waals surface area contributed by atoms with Crippen LogP contribution in [0.2, 0.25) is 0 Å². The lowest BCUT2D eigenvalue weighted by atomic mass is 9.74. The molecule has 0 unspecified atom stereocenters. The molecule has 0 saturated carbocycles. The van der Waals surface area contributed by atoms with Gasteiger partial charge < -0.3 is 14.9 Å². The second-order valence-corrected chi connectivity index (χ2v) is 7.74. The maximum Gasteiger partial charge on any atom is 0.254 e. The standard InChI is InChI=1S/C23H27FN2O3/c1-15(2)25(23(29)18-9-11-19(24)12-10-18)13-20-22(17-7-5-4-6-8-17)21(14-27)26(20)16(3)28/h4-12,15,20-22,27H,13-14H2,1-3H3/t20-,21-,22+/m0/s1. The van der Waals surface area contributed by atoms with Crippen LogP contribution in [0.15, 0.2) is 54.6 Å². The SMILES string of the molecule is CC(=O)N1[C@@H](CO)[C@H](c2ccccc2)[C@@H]1CN(C(=O)c1ccc(F)cc1)C(C)C. The van der Waals surface area contributed by atoms with Crippen LogP contribution >= 0.6 is 0 Å². The number of likely N-dealkylation sites (tertiary alicyclic amines) is 1. The predicted octanol–water partition coefficient (Wildman–Crippen LogP) is 3.05. The van der Waals surface area contributed by atoms with E-state index in [4.69, 9.17) is 0 Å². The molecule has 1 aliphatic heterocycles. The smallest absolute Gasteiger partial charge is 0.254 e. The average molecular weight is 398 g/mol. The Balaban J connectivity index is 1.90. The first-order valence-corrected chi connectivity index (χ1v) is 9.86. The molecule has 0 radical (unpaired) electrons. The van der Waals surface area contributed by atoms with Gasteiger partial charge in [-0.2, -0.15) is 0 Å². The summed E-state index contributed by atoms with van der Waals surface area (Å²) in [5.41, 5.74) is 1.44. The van der Waals surface area contributed by atoms with Gasteiger partial charge in [-0.25, -0.2) is 4.39 Å². The van der Waals surface area contributed by atoms with Gasteiger partial charge in [0.05, 0.1) is 18.7 Å². The maximum atomic E-state index is 13.3. The van der Waals surface area contributed by atoms with Gasteiger partial charge in [0.2, 0.25) is 5.91 Å². The molecule has 29 heavy (non-hydrogen) atoms. The third-order valence-electron chi connectivity index (χ3n) is 5.64. The molecule has 2 aromatic carbocycles. The lowest BCUT2D eigenvalue weighted by Gasteiger charge is -2.56. The summed E-state index contributed by atoms with van der Waals surface area (Å²) in [6, 6.07) is 14.6. The number of nitrogens with zero attached hydrogens (tertiary/aromatic N) is 2. The molecular weight excluding hydrogens is 371 g/mol. The maximum absolute atomic E-state index is 13.3. The summed E-state index contributed by atoms with van der Waals surface area (Å²) in [6.07, 6.45) is 0. The van der Waals surface area contributed by atoms with Crippen molar-refractivity contribution in [2.75, 3.05) is 13.2 Å². The van der Waals surface area contributed by atoms with Crippen molar-refractivity contribution < 1.29 is 19.1 Å². The first-order chi connectivity index (χ1) is 13.8. The lowest BCUT2D eigenvalue weighted by Crippen LogP contribution is -2.68. The molecule has 0 bridgehead atoms. The van der Waals surface area contributed by atoms with Crippen molar-refractivity contribution in [3.63, 3.8) is 0 Å². The Kier molecular flexibility index (Phi) is 6.33. The Morgan fingerprint density at radius 3 is 2.21 bits per heavy atom. The zero-order valence-electron chi connectivity index (χ0n) is 17.0. The van der Waals surface area contributed by atoms with E-state index in [1.807, 2.05) is 44.2 Å². The number of halogens is 1. The van der Waals surface area contributed by atoms with E-state index in [1.54, 1.807) is 9.80 Å². The Morgan fingerprint density at radius 2 is 1.69 bits per heavy atom. The molecule has 1 aliphatic rings. The Labute approximate surface area is 170 Å². The van der Waals surface area contributed by atoms with E-state index in [-0.39, 0.29) is 42.5 Å². The third kappa shape index (κ3) is 4.17. The molecular formula is C23H27FN2O3. The highest BCUT2D eigenvalue weighted by atomic mass is 19.1. The van der Waals surface area contributed by atoms with Crippen molar-refractivity contribution in [3.05, 3.63) is 71.5 Å². The van der Waals surface area contributed by atoms with E-state index in [1.165, 1.54) is 31.2 Å². The number of aliphatic hydroxyl groups is 1. The number of benzene rings is 2. The number of carbonyl (C=O) groups excluding carboxylic acids is 2. The second-order valence-electron chi connectivity index (χ2n) is 7.74. The van der Waals surface area contributed by atoms with Crippen molar-refractivity contribution >= 4 is 11.8 Å². The summed E-state index contributed by atoms with van der Waals surface area (Å²) < 4.78 is 13.3. The van der Waals surface area contributed by atoms with E-state index in [0.29, 0.717) is 12.1 Å². The van der Waals surface area contributed by atoms with E-state index < -0.39 is 5.82 Å². The van der Waals surface area contributed by atoms with Gasteiger partial charge in [-0.05, 0) is 43.7 Å². The number of rotatable bonds is 6. The minimum absolute atomic E-state index is 0.0626. The minimum atomic E-state index is -0.394. The van der Waals surface area contributed by atoms with E-state index in [9.17, 15) is 19.1 Å². The van der Waals surface area contributed by atoms with Crippen molar-refractivity contribution in [3.8, 4) is 0 Å². The van der Waals surface area contributed by atoms with E-state index in [0.717, 1.165) is 5.56 Å². The summed E-state index contributed by atoms with van der Waals surface area (Å²) in [5, 5.41) is 9.90. The highest BCUT2D eigenvalue weighted by molar-refractivity contribution is 5.94. The van der Waals surface area contributed by atoms with Crippen molar-refractivity contribution in [1.29, 1.82) is 0 Å². The van der Waals surface area contributed by atoms with Crippen LogP contribution in [-0.4, -0.2) is 58.0 Å². The van der Waals surface area contributed by atoms with E-state index in [2.05, 4.69) is 0 Å². The summed E-state index contributed by atoms with van der Waals surface area (Å²) >= 11 is 0. The highest BCUT2D eigenvalue weighted by Gasteiger charge is 2.51. The van der Waals surface area contributed by atoms with Crippen molar-refractivity contribution in [2.45, 2.75) is 44.8 Å². The molecule has 1 fully saturated rings. The fourth-order valence-electron chi connectivity index (χ4n) is 4.22. The van der Waals surface area contributed by atoms with Gasteiger partial charge >= 0.3 is 0 Å². The van der Waals surface area contributed by atoms with Gasteiger partial charge in [0.1, 0.15) is 5.82 Å². The number of hydrogen-bond donors (Lipinski definition) is 1. The first kappa shape index (κ1) is 21.0. The second kappa shape index (κ2) is 8.74. The van der Waals surface area contributed by atoms with Crippen LogP contribution in [0.1, 0.15) is 42.6 Å². The van der Waals surface area contributed by atoms with Crippen LogP contribution in [0.25, 0.3) is 0 Å². The van der Waals surface area contributed by atoms with Crippen LogP contribution in [0, 0.1) is 5.82 Å². The summed E-state index contributed by atoms with van der Waals surface area (Å²) in [6.45, 7) is 5.52. The van der Waals surface area contributed by atoms with Gasteiger partial charge in [-0.15, -0.1) is 0 Å². The molecule has 1 N–H and O–H groups in total. The predicted molar refractivity (Wildman–Crippen MR) is 109 cm³/mol. The van der Waals surface area contributed by atoms with Crippen LogP contribution in [0.5, 0.6) is 0 Å². The quantitative estimate of drug-likeness (QED) is 0.814. The molecule has 2 amide bonds.